The Morgan fingerprint density at radius 2 is 1.63 bits per heavy atom. The van der Waals surface area contributed by atoms with Crippen LogP contribution in [-0.4, -0.2) is 84.6 Å². The molecule has 0 radical (unpaired) electrons. The minimum atomic E-state index is -0.186. The van der Waals surface area contributed by atoms with E-state index in [2.05, 4.69) is 68.4 Å². The van der Waals surface area contributed by atoms with E-state index in [0.717, 1.165) is 72.7 Å². The van der Waals surface area contributed by atoms with E-state index in [1.165, 1.54) is 5.56 Å². The summed E-state index contributed by atoms with van der Waals surface area (Å²) in [5, 5.41) is 13.7. The maximum Gasteiger partial charge on any atom is 0.255 e. The van der Waals surface area contributed by atoms with Gasteiger partial charge in [-0.1, -0.05) is 30.3 Å². The van der Waals surface area contributed by atoms with Crippen LogP contribution < -0.4 is 10.2 Å². The predicted molar refractivity (Wildman–Crippen MR) is 175 cm³/mol. The highest BCUT2D eigenvalue weighted by Gasteiger charge is 2.15. The van der Waals surface area contributed by atoms with Crippen molar-refractivity contribution < 1.29 is 9.90 Å². The van der Waals surface area contributed by atoms with Crippen LogP contribution in [0.15, 0.2) is 84.9 Å². The van der Waals surface area contributed by atoms with Crippen molar-refractivity contribution in [3.8, 4) is 28.3 Å². The van der Waals surface area contributed by atoms with Crippen LogP contribution in [0, 0.1) is 0 Å². The van der Waals surface area contributed by atoms with Crippen LogP contribution in [0.2, 0.25) is 0 Å². The summed E-state index contributed by atoms with van der Waals surface area (Å²) in [6, 6.07) is 27.3. The van der Waals surface area contributed by atoms with Crippen LogP contribution >= 0.6 is 0 Å². The first kappa shape index (κ1) is 28.5. The fourth-order valence-corrected chi connectivity index (χ4v) is 5.45. The molecule has 1 aliphatic heterocycles. The van der Waals surface area contributed by atoms with Crippen molar-refractivity contribution in [2.75, 3.05) is 64.1 Å². The Balaban J connectivity index is 1.13. The number of likely N-dealkylation sites (N-methyl/N-ethyl adjacent to an activating group) is 1. The summed E-state index contributed by atoms with van der Waals surface area (Å²) in [5.74, 6) is 0.496. The van der Waals surface area contributed by atoms with Crippen molar-refractivity contribution in [2.24, 2.45) is 0 Å². The van der Waals surface area contributed by atoms with Gasteiger partial charge in [-0.15, -0.1) is 0 Å². The number of phenolic OH excluding ortho intramolecular Hbond substituents is 1. The largest absolute Gasteiger partial charge is 0.507 e. The van der Waals surface area contributed by atoms with Gasteiger partial charge in [0.2, 0.25) is 0 Å². The van der Waals surface area contributed by atoms with Gasteiger partial charge in [0.15, 0.2) is 0 Å². The highest BCUT2D eigenvalue weighted by atomic mass is 16.3. The number of aromatic amines is 1. The molecule has 5 aromatic rings. The van der Waals surface area contributed by atoms with Crippen LogP contribution in [0.1, 0.15) is 15.9 Å². The molecular weight excluding hydrogens is 536 g/mol. The molecule has 8 nitrogen and oxygen atoms in total. The van der Waals surface area contributed by atoms with Crippen molar-refractivity contribution in [3.05, 3.63) is 96.1 Å². The summed E-state index contributed by atoms with van der Waals surface area (Å²) in [4.78, 5) is 28.0. The highest BCUT2D eigenvalue weighted by Crippen LogP contribution is 2.34. The summed E-state index contributed by atoms with van der Waals surface area (Å²) >= 11 is 0. The zero-order valence-electron chi connectivity index (χ0n) is 25.0. The van der Waals surface area contributed by atoms with Gasteiger partial charge in [0.25, 0.3) is 5.91 Å². The minimum Gasteiger partial charge on any atom is -0.507 e. The number of fused-ring (bicyclic) bond motifs is 1. The molecule has 0 spiro atoms. The molecule has 3 N–H and O–H groups in total. The van der Waals surface area contributed by atoms with Crippen molar-refractivity contribution in [1.82, 2.24) is 19.8 Å². The lowest BCUT2D eigenvalue weighted by atomic mass is 10.0. The van der Waals surface area contributed by atoms with E-state index in [-0.39, 0.29) is 11.7 Å². The molecule has 0 saturated carbocycles. The van der Waals surface area contributed by atoms with Gasteiger partial charge in [0, 0.05) is 63.8 Å². The van der Waals surface area contributed by atoms with E-state index >= 15 is 0 Å². The molecule has 43 heavy (non-hydrogen) atoms. The molecule has 4 aromatic carbocycles. The van der Waals surface area contributed by atoms with Gasteiger partial charge in [0.1, 0.15) is 11.6 Å². The molecule has 0 unspecified atom stereocenters. The number of aromatic hydroxyl groups is 1. The van der Waals surface area contributed by atoms with Crippen molar-refractivity contribution in [1.29, 1.82) is 0 Å². The van der Waals surface area contributed by atoms with Crippen LogP contribution in [0.5, 0.6) is 5.75 Å². The van der Waals surface area contributed by atoms with Crippen molar-refractivity contribution >= 4 is 28.3 Å². The quantitative estimate of drug-likeness (QED) is 0.220. The number of amides is 1. The Morgan fingerprint density at radius 1 is 0.907 bits per heavy atom. The number of nitrogens with zero attached hydrogens (tertiary/aromatic N) is 4. The summed E-state index contributed by atoms with van der Waals surface area (Å²) < 4.78 is 0. The number of piperazine rings is 1. The van der Waals surface area contributed by atoms with Crippen LogP contribution in [0.3, 0.4) is 0 Å². The van der Waals surface area contributed by atoms with E-state index in [1.807, 2.05) is 44.4 Å². The monoisotopic (exact) mass is 574 g/mol. The number of nitrogens with one attached hydrogen (secondary N) is 2. The summed E-state index contributed by atoms with van der Waals surface area (Å²) in [6.45, 7) is 5.53. The Morgan fingerprint density at radius 3 is 2.35 bits per heavy atom. The summed E-state index contributed by atoms with van der Waals surface area (Å²) in [6.07, 6.45) is 0.998. The zero-order valence-corrected chi connectivity index (χ0v) is 25.0. The number of aromatic nitrogens is 2. The molecular formula is C35H38N6O2. The third-order valence-corrected chi connectivity index (χ3v) is 8.24. The van der Waals surface area contributed by atoms with E-state index < -0.39 is 0 Å². The first-order valence-corrected chi connectivity index (χ1v) is 14.7. The molecule has 1 aliphatic rings. The number of anilines is 2. The third kappa shape index (κ3) is 6.56. The Hall–Kier alpha value is -4.66. The number of imidazole rings is 1. The maximum atomic E-state index is 13.1. The molecule has 1 aromatic heterocycles. The van der Waals surface area contributed by atoms with Crippen molar-refractivity contribution in [2.45, 2.75) is 6.42 Å². The molecule has 0 aliphatic carbocycles. The predicted octanol–water partition coefficient (Wildman–Crippen LogP) is 5.71. The standard InChI is InChI=1S/C35H38N6O2/c1-39(2)29-12-6-25(7-13-29)26-9-15-33(42)30(22-26)34-37-31-14-8-27(23-32(31)38-34)35(43)36-28-10-4-24(5-11-28)16-17-41-20-18-40(3)19-21-41/h4-15,22-23,42H,16-21H2,1-3H3,(H,36,43)(H,37,38). The van der Waals surface area contributed by atoms with E-state index in [1.54, 1.807) is 18.2 Å². The van der Waals surface area contributed by atoms with Gasteiger partial charge in [-0.05, 0) is 84.8 Å². The molecule has 0 bridgehead atoms. The number of hydrogen-bond donors (Lipinski definition) is 3. The average molecular weight is 575 g/mol. The van der Waals surface area contributed by atoms with E-state index in [4.69, 9.17) is 4.98 Å². The SMILES string of the molecule is CN1CCN(CCc2ccc(NC(=O)c3ccc4nc(-c5cc(-c6ccc(N(C)C)cc6)ccc5O)[nH]c4c3)cc2)CC1. The highest BCUT2D eigenvalue weighted by molar-refractivity contribution is 6.06. The first-order chi connectivity index (χ1) is 20.8. The number of rotatable bonds is 8. The molecule has 1 saturated heterocycles. The van der Waals surface area contributed by atoms with Gasteiger partial charge < -0.3 is 30.1 Å². The molecule has 1 amide bonds. The van der Waals surface area contributed by atoms with Crippen LogP contribution in [0.25, 0.3) is 33.5 Å². The second-order valence-corrected chi connectivity index (χ2v) is 11.5. The fraction of sp³-hybridized carbons (Fsp3) is 0.257. The summed E-state index contributed by atoms with van der Waals surface area (Å²) in [7, 11) is 6.20. The Bertz CT molecular complexity index is 1720. The van der Waals surface area contributed by atoms with Gasteiger partial charge in [-0.2, -0.15) is 0 Å². The average Bonchev–Trinajstić information content (AvgIpc) is 3.45. The third-order valence-electron chi connectivity index (χ3n) is 8.24. The molecule has 2 heterocycles. The second kappa shape index (κ2) is 12.3. The molecule has 1 fully saturated rings. The van der Waals surface area contributed by atoms with Gasteiger partial charge in [-0.3, -0.25) is 4.79 Å². The number of carbonyl (C=O) groups is 1. The Kier molecular flexibility index (Phi) is 8.13. The number of hydrogen-bond acceptors (Lipinski definition) is 6. The Labute approximate surface area is 252 Å². The summed E-state index contributed by atoms with van der Waals surface area (Å²) in [5.41, 5.74) is 7.74. The molecule has 8 heteroatoms. The number of phenols is 1. The van der Waals surface area contributed by atoms with Gasteiger partial charge in [-0.25, -0.2) is 4.98 Å². The smallest absolute Gasteiger partial charge is 0.255 e. The van der Waals surface area contributed by atoms with Crippen molar-refractivity contribution in [3.63, 3.8) is 0 Å². The topological polar surface area (TPSA) is 87.7 Å². The number of H-pyrrole nitrogens is 1. The van der Waals surface area contributed by atoms with Crippen LogP contribution in [-0.2, 0) is 6.42 Å². The lowest BCUT2D eigenvalue weighted by Gasteiger charge is -2.32. The number of carbonyl (C=O) groups excluding carboxylic acids is 1. The zero-order chi connectivity index (χ0) is 29.9. The lowest BCUT2D eigenvalue weighted by molar-refractivity contribution is 0.102. The van der Waals surface area contributed by atoms with E-state index in [9.17, 15) is 9.90 Å². The molecule has 0 atom stereocenters. The molecule has 6 rings (SSSR count). The fourth-order valence-electron chi connectivity index (χ4n) is 5.45. The first-order valence-electron chi connectivity index (χ1n) is 14.7. The van der Waals surface area contributed by atoms with Gasteiger partial charge in [0.05, 0.1) is 16.6 Å². The maximum absolute atomic E-state index is 13.1. The molecule has 220 valence electrons. The second-order valence-electron chi connectivity index (χ2n) is 11.5. The van der Waals surface area contributed by atoms with Gasteiger partial charge >= 0.3 is 0 Å². The van der Waals surface area contributed by atoms with Crippen LogP contribution in [0.4, 0.5) is 11.4 Å². The normalized spacial score (nSPS) is 14.2. The van der Waals surface area contributed by atoms with E-state index in [0.29, 0.717) is 17.0 Å². The number of benzene rings is 4. The minimum absolute atomic E-state index is 0.137. The lowest BCUT2D eigenvalue weighted by Crippen LogP contribution is -2.45.